The molecular formula is C15H25N. The molecule has 0 aromatic heterocycles. The first-order chi connectivity index (χ1) is 7.60. The lowest BCUT2D eigenvalue weighted by Gasteiger charge is -2.37. The molecule has 0 saturated heterocycles. The molecule has 0 spiro atoms. The van der Waals surface area contributed by atoms with Gasteiger partial charge in [0, 0.05) is 0 Å². The molecule has 16 heavy (non-hydrogen) atoms. The first-order valence-electron chi connectivity index (χ1n) is 6.65. The Labute approximate surface area is 101 Å². The fourth-order valence-corrected chi connectivity index (χ4v) is 3.12. The van der Waals surface area contributed by atoms with Crippen molar-refractivity contribution in [3.63, 3.8) is 0 Å². The predicted molar refractivity (Wildman–Crippen MR) is 68.8 cm³/mol. The van der Waals surface area contributed by atoms with Gasteiger partial charge in [0.25, 0.3) is 0 Å². The molecular weight excluding hydrogens is 194 g/mol. The van der Waals surface area contributed by atoms with Gasteiger partial charge in [0.2, 0.25) is 0 Å². The fourth-order valence-electron chi connectivity index (χ4n) is 3.12. The zero-order valence-electron chi connectivity index (χ0n) is 11.0. The van der Waals surface area contributed by atoms with Crippen molar-refractivity contribution in [3.8, 4) is 6.07 Å². The summed E-state index contributed by atoms with van der Waals surface area (Å²) >= 11 is 0. The van der Waals surface area contributed by atoms with Gasteiger partial charge < -0.3 is 0 Å². The van der Waals surface area contributed by atoms with Crippen LogP contribution in [-0.2, 0) is 0 Å². The third-order valence-corrected chi connectivity index (χ3v) is 4.09. The van der Waals surface area contributed by atoms with Crippen LogP contribution in [0.25, 0.3) is 0 Å². The second-order valence-electron chi connectivity index (χ2n) is 5.56. The SMILES string of the molecule is C=C(C)C1CC(CCCC)CC(C)C1C#N. The van der Waals surface area contributed by atoms with Gasteiger partial charge in [0.15, 0.2) is 0 Å². The van der Waals surface area contributed by atoms with Gasteiger partial charge in [-0.05, 0) is 37.5 Å². The fraction of sp³-hybridized carbons (Fsp3) is 0.800. The van der Waals surface area contributed by atoms with Crippen LogP contribution >= 0.6 is 0 Å². The van der Waals surface area contributed by atoms with Crippen molar-refractivity contribution in [1.29, 1.82) is 5.26 Å². The van der Waals surface area contributed by atoms with E-state index >= 15 is 0 Å². The summed E-state index contributed by atoms with van der Waals surface area (Å²) in [6.45, 7) is 10.7. The maximum Gasteiger partial charge on any atom is 0.0664 e. The van der Waals surface area contributed by atoms with Gasteiger partial charge in [-0.15, -0.1) is 0 Å². The molecule has 0 N–H and O–H groups in total. The number of rotatable bonds is 4. The van der Waals surface area contributed by atoms with Crippen LogP contribution in [0.15, 0.2) is 12.2 Å². The minimum atomic E-state index is 0.204. The monoisotopic (exact) mass is 219 g/mol. The van der Waals surface area contributed by atoms with Crippen LogP contribution in [-0.4, -0.2) is 0 Å². The Morgan fingerprint density at radius 3 is 2.62 bits per heavy atom. The Hall–Kier alpha value is -0.770. The standard InChI is InChI=1S/C15H25N/c1-5-6-7-13-8-12(4)15(10-16)14(9-13)11(2)3/h12-15H,2,5-9H2,1,3-4H3. The van der Waals surface area contributed by atoms with Crippen molar-refractivity contribution in [1.82, 2.24) is 0 Å². The molecule has 0 aromatic carbocycles. The first kappa shape index (κ1) is 13.3. The quantitative estimate of drug-likeness (QED) is 0.636. The Morgan fingerprint density at radius 1 is 1.44 bits per heavy atom. The molecule has 1 rings (SSSR count). The van der Waals surface area contributed by atoms with Crippen molar-refractivity contribution in [2.24, 2.45) is 23.7 Å². The van der Waals surface area contributed by atoms with E-state index in [1.807, 2.05) is 0 Å². The highest BCUT2D eigenvalue weighted by Crippen LogP contribution is 2.42. The molecule has 1 nitrogen and oxygen atoms in total. The molecule has 1 aliphatic carbocycles. The molecule has 0 amide bonds. The van der Waals surface area contributed by atoms with E-state index in [2.05, 4.69) is 33.4 Å². The average molecular weight is 219 g/mol. The zero-order valence-corrected chi connectivity index (χ0v) is 11.0. The number of allylic oxidation sites excluding steroid dienone is 1. The van der Waals surface area contributed by atoms with E-state index in [0.717, 1.165) is 5.92 Å². The van der Waals surface area contributed by atoms with Crippen LogP contribution in [0.3, 0.4) is 0 Å². The van der Waals surface area contributed by atoms with Crippen LogP contribution in [0.4, 0.5) is 0 Å². The molecule has 1 saturated carbocycles. The van der Waals surface area contributed by atoms with Gasteiger partial charge in [-0.1, -0.05) is 45.3 Å². The normalized spacial score (nSPS) is 34.4. The van der Waals surface area contributed by atoms with E-state index in [1.54, 1.807) is 0 Å². The third kappa shape index (κ3) is 3.11. The summed E-state index contributed by atoms with van der Waals surface area (Å²) in [4.78, 5) is 0. The molecule has 1 heteroatoms. The van der Waals surface area contributed by atoms with Crippen molar-refractivity contribution in [2.75, 3.05) is 0 Å². The largest absolute Gasteiger partial charge is 0.198 e. The van der Waals surface area contributed by atoms with Gasteiger partial charge in [-0.3, -0.25) is 0 Å². The van der Waals surface area contributed by atoms with E-state index in [1.165, 1.54) is 37.7 Å². The molecule has 0 radical (unpaired) electrons. The van der Waals surface area contributed by atoms with Crippen molar-refractivity contribution in [3.05, 3.63) is 12.2 Å². The summed E-state index contributed by atoms with van der Waals surface area (Å²) < 4.78 is 0. The second kappa shape index (κ2) is 6.09. The highest BCUT2D eigenvalue weighted by molar-refractivity contribution is 5.08. The summed E-state index contributed by atoms with van der Waals surface area (Å²) in [6.07, 6.45) is 6.38. The number of hydrogen-bond acceptors (Lipinski definition) is 1. The van der Waals surface area contributed by atoms with Crippen LogP contribution in [0, 0.1) is 35.0 Å². The zero-order chi connectivity index (χ0) is 12.1. The van der Waals surface area contributed by atoms with Gasteiger partial charge in [0.05, 0.1) is 12.0 Å². The van der Waals surface area contributed by atoms with E-state index in [9.17, 15) is 5.26 Å². The van der Waals surface area contributed by atoms with E-state index in [0.29, 0.717) is 11.8 Å². The minimum absolute atomic E-state index is 0.204. The maximum absolute atomic E-state index is 9.25. The van der Waals surface area contributed by atoms with Gasteiger partial charge in [0.1, 0.15) is 0 Å². The van der Waals surface area contributed by atoms with E-state index in [4.69, 9.17) is 0 Å². The van der Waals surface area contributed by atoms with Gasteiger partial charge >= 0.3 is 0 Å². The average Bonchev–Trinajstić information content (AvgIpc) is 2.25. The van der Waals surface area contributed by atoms with Crippen molar-refractivity contribution >= 4 is 0 Å². The lowest BCUT2D eigenvalue weighted by Crippen LogP contribution is -2.31. The minimum Gasteiger partial charge on any atom is -0.198 e. The number of unbranched alkanes of at least 4 members (excludes halogenated alkanes) is 1. The van der Waals surface area contributed by atoms with E-state index in [-0.39, 0.29) is 5.92 Å². The maximum atomic E-state index is 9.25. The Bertz CT molecular complexity index is 274. The molecule has 0 aliphatic heterocycles. The number of nitrogens with zero attached hydrogens (tertiary/aromatic N) is 1. The van der Waals surface area contributed by atoms with Gasteiger partial charge in [-0.25, -0.2) is 0 Å². The second-order valence-corrected chi connectivity index (χ2v) is 5.56. The third-order valence-electron chi connectivity index (χ3n) is 4.09. The lowest BCUT2D eigenvalue weighted by molar-refractivity contribution is 0.169. The molecule has 1 aliphatic rings. The molecule has 90 valence electrons. The summed E-state index contributed by atoms with van der Waals surface area (Å²) in [5, 5.41) is 9.25. The smallest absolute Gasteiger partial charge is 0.0664 e. The number of hydrogen-bond donors (Lipinski definition) is 0. The van der Waals surface area contributed by atoms with Gasteiger partial charge in [-0.2, -0.15) is 5.26 Å². The number of nitriles is 1. The molecule has 4 unspecified atom stereocenters. The van der Waals surface area contributed by atoms with Crippen molar-refractivity contribution < 1.29 is 0 Å². The molecule has 1 fully saturated rings. The summed E-state index contributed by atoms with van der Waals surface area (Å²) in [5.41, 5.74) is 1.21. The lowest BCUT2D eigenvalue weighted by atomic mass is 9.66. The predicted octanol–water partition coefficient (Wildman–Crippen LogP) is 4.55. The highest BCUT2D eigenvalue weighted by Gasteiger charge is 2.35. The van der Waals surface area contributed by atoms with Crippen LogP contribution in [0.1, 0.15) is 52.9 Å². The molecule has 4 atom stereocenters. The van der Waals surface area contributed by atoms with Crippen LogP contribution in [0.5, 0.6) is 0 Å². The molecule has 0 bridgehead atoms. The Kier molecular flexibility index (Phi) is 5.06. The topological polar surface area (TPSA) is 23.8 Å². The Morgan fingerprint density at radius 2 is 2.12 bits per heavy atom. The molecule has 0 heterocycles. The van der Waals surface area contributed by atoms with Crippen LogP contribution in [0.2, 0.25) is 0 Å². The summed E-state index contributed by atoms with van der Waals surface area (Å²) in [5.74, 6) is 2.01. The Balaban J connectivity index is 2.65. The summed E-state index contributed by atoms with van der Waals surface area (Å²) in [7, 11) is 0. The summed E-state index contributed by atoms with van der Waals surface area (Å²) in [6, 6.07) is 2.50. The van der Waals surface area contributed by atoms with Crippen LogP contribution < -0.4 is 0 Å². The van der Waals surface area contributed by atoms with Crippen molar-refractivity contribution in [2.45, 2.75) is 52.9 Å². The first-order valence-corrected chi connectivity index (χ1v) is 6.65. The highest BCUT2D eigenvalue weighted by atomic mass is 14.4. The molecule has 0 aromatic rings. The van der Waals surface area contributed by atoms with E-state index < -0.39 is 0 Å².